The first-order chi connectivity index (χ1) is 13.6. The van der Waals surface area contributed by atoms with Gasteiger partial charge in [0.05, 0.1) is 18.1 Å². The lowest BCUT2D eigenvalue weighted by Crippen LogP contribution is -2.21. The van der Waals surface area contributed by atoms with Crippen LogP contribution in [0.5, 0.6) is 0 Å². The largest absolute Gasteiger partial charge is 0.308 e. The first kappa shape index (κ1) is 16.4. The number of rotatable bonds is 2. The van der Waals surface area contributed by atoms with Gasteiger partial charge < -0.3 is 4.57 Å². The molecule has 0 fully saturated rings. The second-order valence-corrected chi connectivity index (χ2v) is 6.85. The van der Waals surface area contributed by atoms with Crippen LogP contribution in [0.15, 0.2) is 72.2 Å². The summed E-state index contributed by atoms with van der Waals surface area (Å²) >= 11 is 0. The van der Waals surface area contributed by atoms with Crippen molar-refractivity contribution in [2.24, 2.45) is 7.05 Å². The summed E-state index contributed by atoms with van der Waals surface area (Å²) in [5.74, 6) is 0. The predicted octanol–water partition coefficient (Wildman–Crippen LogP) is 3.62. The molecule has 0 radical (unpaired) electrons. The molecule has 4 heterocycles. The van der Waals surface area contributed by atoms with Gasteiger partial charge in [-0.1, -0.05) is 12.1 Å². The summed E-state index contributed by atoms with van der Waals surface area (Å²) in [4.78, 5) is 21.6. The van der Waals surface area contributed by atoms with E-state index in [1.807, 2.05) is 49.6 Å². The highest BCUT2D eigenvalue weighted by Gasteiger charge is 2.15. The Bertz CT molecular complexity index is 1410. The molecule has 6 nitrogen and oxygen atoms in total. The maximum absolute atomic E-state index is 13.2. The van der Waals surface area contributed by atoms with Crippen molar-refractivity contribution >= 4 is 16.3 Å². The van der Waals surface area contributed by atoms with Gasteiger partial charge in [-0.15, -0.1) is 0 Å². The number of aryl methyl sites for hydroxylation is 1. The molecule has 0 unspecified atom stereocenters. The first-order valence-electron chi connectivity index (χ1n) is 8.96. The van der Waals surface area contributed by atoms with Crippen LogP contribution in [0.2, 0.25) is 0 Å². The Morgan fingerprint density at radius 3 is 2.68 bits per heavy atom. The molecule has 0 saturated carbocycles. The molecule has 0 bridgehead atoms. The average Bonchev–Trinajstić information content (AvgIpc) is 3.14. The maximum atomic E-state index is 13.2. The number of fused-ring (bicyclic) bond motifs is 2. The van der Waals surface area contributed by atoms with Crippen LogP contribution in [-0.4, -0.2) is 24.1 Å². The van der Waals surface area contributed by atoms with Crippen LogP contribution in [-0.2, 0) is 7.05 Å². The van der Waals surface area contributed by atoms with Crippen molar-refractivity contribution < 1.29 is 0 Å². The minimum atomic E-state index is -0.0886. The van der Waals surface area contributed by atoms with E-state index in [1.165, 1.54) is 0 Å². The summed E-state index contributed by atoms with van der Waals surface area (Å²) in [6.45, 7) is 1.93. The van der Waals surface area contributed by atoms with Crippen molar-refractivity contribution in [2.75, 3.05) is 0 Å². The summed E-state index contributed by atoms with van der Waals surface area (Å²) < 4.78 is 3.34. The molecule has 5 aromatic rings. The van der Waals surface area contributed by atoms with E-state index in [9.17, 15) is 4.79 Å². The molecule has 136 valence electrons. The van der Waals surface area contributed by atoms with Crippen molar-refractivity contribution in [3.63, 3.8) is 0 Å². The molecular formula is C22H17N5O. The van der Waals surface area contributed by atoms with Gasteiger partial charge in [0.2, 0.25) is 0 Å². The summed E-state index contributed by atoms with van der Waals surface area (Å²) in [6, 6.07) is 11.9. The summed E-state index contributed by atoms with van der Waals surface area (Å²) in [6.07, 6.45) is 8.98. The second-order valence-electron chi connectivity index (χ2n) is 6.85. The number of aromatic nitrogens is 5. The topological polar surface area (TPSA) is 65.1 Å². The van der Waals surface area contributed by atoms with Crippen LogP contribution >= 0.6 is 0 Å². The molecule has 0 spiro atoms. The standard InChI is InChI=1S/C22H17N5O/c1-14-9-16(6-8-24-14)19-12-25-27-13-20(26(2)22(28)21(19)27)17-3-4-18-11-23-7-5-15(18)10-17/h3-13H,1-2H3. The highest BCUT2D eigenvalue weighted by molar-refractivity contribution is 5.86. The van der Waals surface area contributed by atoms with Crippen molar-refractivity contribution in [3.8, 4) is 22.4 Å². The SMILES string of the molecule is Cc1cc(-c2cnn3cc(-c4ccc5cnccc5c4)n(C)c(=O)c23)ccn1. The summed E-state index contributed by atoms with van der Waals surface area (Å²) in [7, 11) is 1.79. The summed E-state index contributed by atoms with van der Waals surface area (Å²) in [5.41, 5.74) is 4.87. The molecule has 6 heteroatoms. The van der Waals surface area contributed by atoms with Gasteiger partial charge in [-0.2, -0.15) is 5.10 Å². The Morgan fingerprint density at radius 1 is 0.929 bits per heavy atom. The number of hydrogen-bond donors (Lipinski definition) is 0. The smallest absolute Gasteiger partial charge is 0.277 e. The number of hydrogen-bond acceptors (Lipinski definition) is 4. The Morgan fingerprint density at radius 2 is 1.82 bits per heavy atom. The normalized spacial score (nSPS) is 11.4. The Hall–Kier alpha value is -3.80. The van der Waals surface area contributed by atoms with E-state index in [4.69, 9.17) is 0 Å². The highest BCUT2D eigenvalue weighted by Crippen LogP contribution is 2.26. The lowest BCUT2D eigenvalue weighted by atomic mass is 10.1. The van der Waals surface area contributed by atoms with Crippen molar-refractivity contribution in [3.05, 3.63) is 83.4 Å². The number of pyridine rings is 2. The molecule has 4 aromatic heterocycles. The maximum Gasteiger partial charge on any atom is 0.277 e. The van der Waals surface area contributed by atoms with E-state index >= 15 is 0 Å². The van der Waals surface area contributed by atoms with E-state index in [0.29, 0.717) is 5.52 Å². The third-order valence-corrected chi connectivity index (χ3v) is 5.05. The van der Waals surface area contributed by atoms with E-state index in [0.717, 1.165) is 38.9 Å². The van der Waals surface area contributed by atoms with Crippen molar-refractivity contribution in [1.29, 1.82) is 0 Å². The van der Waals surface area contributed by atoms with Crippen molar-refractivity contribution in [1.82, 2.24) is 24.1 Å². The van der Waals surface area contributed by atoms with Gasteiger partial charge >= 0.3 is 0 Å². The third kappa shape index (κ3) is 2.50. The molecule has 1 aromatic carbocycles. The van der Waals surface area contributed by atoms with Gasteiger partial charge in [0.15, 0.2) is 0 Å². The molecule has 0 aliphatic rings. The zero-order valence-electron chi connectivity index (χ0n) is 15.5. The van der Waals surface area contributed by atoms with Gasteiger partial charge in [-0.25, -0.2) is 4.52 Å². The molecule has 0 atom stereocenters. The number of benzene rings is 1. The van der Waals surface area contributed by atoms with Gasteiger partial charge in [0.1, 0.15) is 5.52 Å². The van der Waals surface area contributed by atoms with Gasteiger partial charge in [-0.05, 0) is 42.1 Å². The molecule has 0 aliphatic carbocycles. The quantitative estimate of drug-likeness (QED) is 0.478. The molecular weight excluding hydrogens is 350 g/mol. The second kappa shape index (κ2) is 6.13. The molecule has 28 heavy (non-hydrogen) atoms. The Kier molecular flexibility index (Phi) is 3.58. The molecule has 0 aliphatic heterocycles. The summed E-state index contributed by atoms with van der Waals surface area (Å²) in [5, 5.41) is 6.59. The lowest BCUT2D eigenvalue weighted by Gasteiger charge is -2.11. The third-order valence-electron chi connectivity index (χ3n) is 5.05. The lowest BCUT2D eigenvalue weighted by molar-refractivity contribution is 0.830. The minimum Gasteiger partial charge on any atom is -0.308 e. The fourth-order valence-corrected chi connectivity index (χ4v) is 3.58. The van der Waals surface area contributed by atoms with E-state index in [2.05, 4.69) is 21.1 Å². The van der Waals surface area contributed by atoms with E-state index in [-0.39, 0.29) is 5.56 Å². The fourth-order valence-electron chi connectivity index (χ4n) is 3.58. The van der Waals surface area contributed by atoms with Crippen LogP contribution in [0.25, 0.3) is 38.7 Å². The van der Waals surface area contributed by atoms with Gasteiger partial charge in [-0.3, -0.25) is 14.8 Å². The Labute approximate surface area is 160 Å². The van der Waals surface area contributed by atoms with E-state index < -0.39 is 0 Å². The molecule has 0 N–H and O–H groups in total. The Balaban J connectivity index is 1.74. The average molecular weight is 367 g/mol. The van der Waals surface area contributed by atoms with Crippen LogP contribution in [0.1, 0.15) is 5.69 Å². The zero-order valence-corrected chi connectivity index (χ0v) is 15.5. The minimum absolute atomic E-state index is 0.0886. The van der Waals surface area contributed by atoms with Gasteiger partial charge in [0.25, 0.3) is 5.56 Å². The van der Waals surface area contributed by atoms with E-state index in [1.54, 1.807) is 34.7 Å². The van der Waals surface area contributed by atoms with Crippen LogP contribution in [0, 0.1) is 6.92 Å². The van der Waals surface area contributed by atoms with Crippen LogP contribution in [0.3, 0.4) is 0 Å². The highest BCUT2D eigenvalue weighted by atomic mass is 16.1. The predicted molar refractivity (Wildman–Crippen MR) is 109 cm³/mol. The monoisotopic (exact) mass is 367 g/mol. The van der Waals surface area contributed by atoms with Gasteiger partial charge in [0, 0.05) is 47.8 Å². The molecule has 0 amide bonds. The molecule has 5 rings (SSSR count). The zero-order chi connectivity index (χ0) is 19.3. The fraction of sp³-hybridized carbons (Fsp3) is 0.0909. The van der Waals surface area contributed by atoms with Crippen molar-refractivity contribution in [2.45, 2.75) is 6.92 Å². The first-order valence-corrected chi connectivity index (χ1v) is 8.96. The molecule has 0 saturated heterocycles. The van der Waals surface area contributed by atoms with Crippen LogP contribution in [0.4, 0.5) is 0 Å². The van der Waals surface area contributed by atoms with Crippen LogP contribution < -0.4 is 5.56 Å². The number of nitrogens with zero attached hydrogens (tertiary/aromatic N) is 5.